The van der Waals surface area contributed by atoms with E-state index in [4.69, 9.17) is 4.98 Å². The van der Waals surface area contributed by atoms with Gasteiger partial charge in [-0.15, -0.1) is 0 Å². The summed E-state index contributed by atoms with van der Waals surface area (Å²) in [6.45, 7) is 3.11. The Morgan fingerprint density at radius 3 is 2.55 bits per heavy atom. The van der Waals surface area contributed by atoms with Crippen LogP contribution in [0.4, 0.5) is 11.8 Å². The lowest BCUT2D eigenvalue weighted by Gasteiger charge is -2.33. The van der Waals surface area contributed by atoms with Gasteiger partial charge in [-0.25, -0.2) is 4.98 Å². The monoisotopic (exact) mass is 275 g/mol. The number of rotatable bonds is 3. The molecule has 0 radical (unpaired) electrons. The Morgan fingerprint density at radius 2 is 1.85 bits per heavy atom. The SMILES string of the molecule is CNc1nc(N2CCN(C=O)CC2)nc2c1CCCC2. The average Bonchev–Trinajstić information content (AvgIpc) is 2.54. The van der Waals surface area contributed by atoms with E-state index in [2.05, 4.69) is 15.2 Å². The topological polar surface area (TPSA) is 61.4 Å². The Labute approximate surface area is 119 Å². The predicted molar refractivity (Wildman–Crippen MR) is 78.1 cm³/mol. The molecule has 0 unspecified atom stereocenters. The highest BCUT2D eigenvalue weighted by Crippen LogP contribution is 2.27. The maximum atomic E-state index is 10.8. The van der Waals surface area contributed by atoms with Gasteiger partial charge in [0, 0.05) is 38.8 Å². The molecule has 1 fully saturated rings. The van der Waals surface area contributed by atoms with Crippen molar-refractivity contribution in [2.24, 2.45) is 0 Å². The number of hydrogen-bond acceptors (Lipinski definition) is 5. The van der Waals surface area contributed by atoms with Crippen molar-refractivity contribution in [1.29, 1.82) is 0 Å². The Kier molecular flexibility index (Phi) is 3.71. The molecule has 1 aliphatic heterocycles. The van der Waals surface area contributed by atoms with Crippen LogP contribution in [0.3, 0.4) is 0 Å². The molecule has 0 aromatic carbocycles. The third-order valence-electron chi connectivity index (χ3n) is 4.15. The van der Waals surface area contributed by atoms with Crippen LogP contribution in [0.25, 0.3) is 0 Å². The van der Waals surface area contributed by atoms with Gasteiger partial charge >= 0.3 is 0 Å². The van der Waals surface area contributed by atoms with Crippen molar-refractivity contribution in [2.45, 2.75) is 25.7 Å². The van der Waals surface area contributed by atoms with E-state index >= 15 is 0 Å². The molecule has 0 spiro atoms. The summed E-state index contributed by atoms with van der Waals surface area (Å²) >= 11 is 0. The van der Waals surface area contributed by atoms with Gasteiger partial charge in [-0.1, -0.05) is 0 Å². The summed E-state index contributed by atoms with van der Waals surface area (Å²) in [5.41, 5.74) is 2.48. The van der Waals surface area contributed by atoms with Crippen LogP contribution in [0.1, 0.15) is 24.1 Å². The van der Waals surface area contributed by atoms with E-state index in [-0.39, 0.29) is 0 Å². The van der Waals surface area contributed by atoms with Crippen molar-refractivity contribution in [3.05, 3.63) is 11.3 Å². The highest BCUT2D eigenvalue weighted by atomic mass is 16.1. The van der Waals surface area contributed by atoms with Crippen molar-refractivity contribution < 1.29 is 4.79 Å². The normalized spacial score (nSPS) is 18.6. The molecule has 6 heteroatoms. The molecule has 1 aliphatic carbocycles. The maximum Gasteiger partial charge on any atom is 0.227 e. The minimum atomic E-state index is 0.749. The Hall–Kier alpha value is -1.85. The van der Waals surface area contributed by atoms with Gasteiger partial charge in [-0.05, 0) is 25.7 Å². The minimum Gasteiger partial charge on any atom is -0.373 e. The number of anilines is 2. The van der Waals surface area contributed by atoms with E-state index in [0.29, 0.717) is 0 Å². The molecule has 2 heterocycles. The third-order valence-corrected chi connectivity index (χ3v) is 4.15. The Bertz CT molecular complexity index is 479. The smallest absolute Gasteiger partial charge is 0.227 e. The number of aryl methyl sites for hydroxylation is 1. The lowest BCUT2D eigenvalue weighted by Crippen LogP contribution is -2.46. The Morgan fingerprint density at radius 1 is 1.10 bits per heavy atom. The van der Waals surface area contributed by atoms with Crippen LogP contribution >= 0.6 is 0 Å². The van der Waals surface area contributed by atoms with Gasteiger partial charge in [0.25, 0.3) is 0 Å². The number of piperazine rings is 1. The zero-order valence-corrected chi connectivity index (χ0v) is 11.9. The number of carbonyl (C=O) groups excluding carboxylic acids is 1. The van der Waals surface area contributed by atoms with Gasteiger partial charge in [0.15, 0.2) is 0 Å². The molecule has 3 rings (SSSR count). The van der Waals surface area contributed by atoms with Crippen molar-refractivity contribution >= 4 is 18.2 Å². The number of hydrogen-bond donors (Lipinski definition) is 1. The number of amides is 1. The van der Waals surface area contributed by atoms with Gasteiger partial charge in [0.2, 0.25) is 12.4 Å². The zero-order chi connectivity index (χ0) is 13.9. The minimum absolute atomic E-state index is 0.749. The van der Waals surface area contributed by atoms with E-state index in [0.717, 1.165) is 57.2 Å². The summed E-state index contributed by atoms with van der Waals surface area (Å²) < 4.78 is 0. The molecule has 6 nitrogen and oxygen atoms in total. The molecule has 2 aliphatic rings. The first kappa shape index (κ1) is 13.1. The first-order valence-corrected chi connectivity index (χ1v) is 7.33. The number of nitrogens with zero attached hydrogens (tertiary/aromatic N) is 4. The van der Waals surface area contributed by atoms with Crippen LogP contribution in [0, 0.1) is 0 Å². The van der Waals surface area contributed by atoms with E-state index < -0.39 is 0 Å². The number of aromatic nitrogens is 2. The van der Waals surface area contributed by atoms with Crippen molar-refractivity contribution in [1.82, 2.24) is 14.9 Å². The molecule has 1 saturated heterocycles. The number of fused-ring (bicyclic) bond motifs is 1. The van der Waals surface area contributed by atoms with Crippen molar-refractivity contribution in [2.75, 3.05) is 43.4 Å². The second-order valence-electron chi connectivity index (χ2n) is 5.38. The summed E-state index contributed by atoms with van der Waals surface area (Å²) in [7, 11) is 1.92. The van der Waals surface area contributed by atoms with Crippen molar-refractivity contribution in [3.8, 4) is 0 Å². The summed E-state index contributed by atoms with van der Waals surface area (Å²) in [6, 6.07) is 0. The molecular weight excluding hydrogens is 254 g/mol. The fourth-order valence-corrected chi connectivity index (χ4v) is 2.96. The highest BCUT2D eigenvalue weighted by molar-refractivity contribution is 5.53. The number of nitrogens with one attached hydrogen (secondary N) is 1. The lowest BCUT2D eigenvalue weighted by atomic mass is 9.96. The van der Waals surface area contributed by atoms with E-state index in [1.54, 1.807) is 4.90 Å². The quantitative estimate of drug-likeness (QED) is 0.822. The second kappa shape index (κ2) is 5.64. The highest BCUT2D eigenvalue weighted by Gasteiger charge is 2.22. The van der Waals surface area contributed by atoms with Crippen LogP contribution < -0.4 is 10.2 Å². The summed E-state index contributed by atoms with van der Waals surface area (Å²) in [4.78, 5) is 24.2. The summed E-state index contributed by atoms with van der Waals surface area (Å²) in [5.74, 6) is 1.78. The van der Waals surface area contributed by atoms with Gasteiger partial charge in [0.05, 0.1) is 5.69 Å². The van der Waals surface area contributed by atoms with Crippen molar-refractivity contribution in [3.63, 3.8) is 0 Å². The van der Waals surface area contributed by atoms with E-state index in [9.17, 15) is 4.79 Å². The largest absolute Gasteiger partial charge is 0.373 e. The first-order valence-electron chi connectivity index (χ1n) is 7.33. The van der Waals surface area contributed by atoms with Gasteiger partial charge in [0.1, 0.15) is 5.82 Å². The van der Waals surface area contributed by atoms with Crippen LogP contribution in [-0.2, 0) is 17.6 Å². The van der Waals surface area contributed by atoms with E-state index in [1.165, 1.54) is 24.1 Å². The summed E-state index contributed by atoms with van der Waals surface area (Å²) in [5, 5.41) is 3.21. The van der Waals surface area contributed by atoms with Gasteiger partial charge in [-0.2, -0.15) is 4.98 Å². The summed E-state index contributed by atoms with van der Waals surface area (Å²) in [6.07, 6.45) is 5.48. The fourth-order valence-electron chi connectivity index (χ4n) is 2.96. The fraction of sp³-hybridized carbons (Fsp3) is 0.643. The molecule has 1 amide bonds. The van der Waals surface area contributed by atoms with Gasteiger partial charge < -0.3 is 15.1 Å². The van der Waals surface area contributed by atoms with Crippen LogP contribution in [0.5, 0.6) is 0 Å². The molecule has 1 aromatic heterocycles. The molecule has 0 bridgehead atoms. The number of carbonyl (C=O) groups is 1. The predicted octanol–water partition coefficient (Wildman–Crippen LogP) is 0.675. The first-order chi connectivity index (χ1) is 9.81. The van der Waals surface area contributed by atoms with Crippen LogP contribution in [0.2, 0.25) is 0 Å². The van der Waals surface area contributed by atoms with Gasteiger partial charge in [-0.3, -0.25) is 4.79 Å². The molecule has 1 aromatic rings. The standard InChI is InChI=1S/C14H21N5O/c1-15-13-11-4-2-3-5-12(11)16-14(17-13)19-8-6-18(10-20)7-9-19/h10H,2-9H2,1H3,(H,15,16,17). The molecular formula is C14H21N5O. The lowest BCUT2D eigenvalue weighted by molar-refractivity contribution is -0.118. The Balaban J connectivity index is 1.85. The molecule has 108 valence electrons. The van der Waals surface area contributed by atoms with Crippen LogP contribution in [-0.4, -0.2) is 54.5 Å². The zero-order valence-electron chi connectivity index (χ0n) is 11.9. The molecule has 0 atom stereocenters. The average molecular weight is 275 g/mol. The second-order valence-corrected chi connectivity index (χ2v) is 5.38. The molecule has 0 saturated carbocycles. The molecule has 1 N–H and O–H groups in total. The van der Waals surface area contributed by atoms with E-state index in [1.807, 2.05) is 7.05 Å². The molecule has 20 heavy (non-hydrogen) atoms. The van der Waals surface area contributed by atoms with Crippen LogP contribution in [0.15, 0.2) is 0 Å². The maximum absolute atomic E-state index is 10.8. The third kappa shape index (κ3) is 2.42.